The molecule has 0 radical (unpaired) electrons. The fourth-order valence-corrected chi connectivity index (χ4v) is 1.32. The second-order valence-electron chi connectivity index (χ2n) is 3.12. The van der Waals surface area contributed by atoms with Crippen LogP contribution in [0.25, 0.3) is 0 Å². The maximum absolute atomic E-state index is 8.39. The summed E-state index contributed by atoms with van der Waals surface area (Å²) in [5.74, 6) is 0. The molecule has 0 aliphatic rings. The highest BCUT2D eigenvalue weighted by molar-refractivity contribution is 7.39. The molecule has 0 aliphatic carbocycles. The predicted octanol–water partition coefficient (Wildman–Crippen LogP) is 1.77. The minimum atomic E-state index is -2.62. The predicted molar refractivity (Wildman–Crippen MR) is 64.3 cm³/mol. The lowest BCUT2D eigenvalue weighted by Gasteiger charge is -2.03. The van der Waals surface area contributed by atoms with Gasteiger partial charge in [-0.15, -0.1) is 0 Å². The number of hydrogen-bond acceptors (Lipinski definition) is 6. The number of rotatable bonds is 8. The highest BCUT2D eigenvalue weighted by atomic mass is 31.2. The van der Waals surface area contributed by atoms with Crippen LogP contribution in [0, 0.1) is 0 Å². The van der Waals surface area contributed by atoms with Gasteiger partial charge in [-0.3, -0.25) is 0 Å². The Morgan fingerprint density at radius 1 is 0.812 bits per heavy atom. The third kappa shape index (κ3) is 29.3. The van der Waals surface area contributed by atoms with Crippen molar-refractivity contribution in [2.75, 3.05) is 6.61 Å². The molecule has 0 saturated carbocycles. The Hall–Kier alpha value is 0.620. The van der Waals surface area contributed by atoms with Gasteiger partial charge >= 0.3 is 17.2 Å². The van der Waals surface area contributed by atoms with Gasteiger partial charge in [0, 0.05) is 0 Å². The normalized spacial score (nSPS) is 10.5. The molecule has 0 amide bonds. The summed E-state index contributed by atoms with van der Waals surface area (Å²) in [5, 5.41) is 0. The summed E-state index contributed by atoms with van der Waals surface area (Å²) in [6.45, 7) is 2.67. The molecule has 0 aliphatic heterocycles. The molecular weight excluding hydrogens is 254 g/mol. The highest BCUT2D eigenvalue weighted by Crippen LogP contribution is 2.24. The van der Waals surface area contributed by atoms with Crippen LogP contribution in [0.3, 0.4) is 0 Å². The van der Waals surface area contributed by atoms with E-state index in [0.717, 1.165) is 12.8 Å². The standard InChI is InChI=1S/C8H19O3P.H3O3P/c1-2-3-4-5-6-7-8-11-12(9)10;1-4(2)3/h9-10H,2-8H2,1H3;1-3H. The molecule has 0 unspecified atom stereocenters. The van der Waals surface area contributed by atoms with E-state index in [4.69, 9.17) is 24.5 Å². The van der Waals surface area contributed by atoms with Gasteiger partial charge in [0.05, 0.1) is 6.61 Å². The third-order valence-electron chi connectivity index (χ3n) is 1.70. The zero-order valence-electron chi connectivity index (χ0n) is 9.49. The Labute approximate surface area is 98.9 Å². The van der Waals surface area contributed by atoms with Gasteiger partial charge in [0.1, 0.15) is 0 Å². The Balaban J connectivity index is 0. The van der Waals surface area contributed by atoms with Crippen molar-refractivity contribution in [2.24, 2.45) is 0 Å². The van der Waals surface area contributed by atoms with E-state index in [1.165, 1.54) is 25.7 Å². The van der Waals surface area contributed by atoms with Crippen LogP contribution in [0.5, 0.6) is 0 Å². The van der Waals surface area contributed by atoms with Crippen molar-refractivity contribution in [3.05, 3.63) is 0 Å². The topological polar surface area (TPSA) is 110 Å². The summed E-state index contributed by atoms with van der Waals surface area (Å²) in [6, 6.07) is 0. The molecule has 0 heterocycles. The van der Waals surface area contributed by atoms with Gasteiger partial charge in [0.2, 0.25) is 0 Å². The molecule has 0 rings (SSSR count). The van der Waals surface area contributed by atoms with Crippen molar-refractivity contribution >= 4 is 17.2 Å². The van der Waals surface area contributed by atoms with Crippen molar-refractivity contribution in [1.29, 1.82) is 0 Å². The van der Waals surface area contributed by atoms with E-state index >= 15 is 0 Å². The summed E-state index contributed by atoms with van der Waals surface area (Å²) in [5.41, 5.74) is 0. The molecule has 0 bridgehead atoms. The molecule has 0 spiro atoms. The van der Waals surface area contributed by atoms with Gasteiger partial charge in [-0.2, -0.15) is 0 Å². The van der Waals surface area contributed by atoms with Crippen molar-refractivity contribution < 1.29 is 29.0 Å². The van der Waals surface area contributed by atoms with Crippen LogP contribution in [-0.2, 0) is 4.52 Å². The van der Waals surface area contributed by atoms with Crippen LogP contribution in [0.15, 0.2) is 0 Å². The molecular formula is C8H22O6P2. The molecule has 100 valence electrons. The lowest BCUT2D eigenvalue weighted by atomic mass is 10.1. The van der Waals surface area contributed by atoms with E-state index < -0.39 is 17.2 Å². The van der Waals surface area contributed by atoms with E-state index in [0.29, 0.717) is 6.61 Å². The molecule has 0 fully saturated rings. The quantitative estimate of drug-likeness (QED) is 0.341. The molecule has 5 N–H and O–H groups in total. The van der Waals surface area contributed by atoms with Crippen molar-refractivity contribution in [3.63, 3.8) is 0 Å². The third-order valence-corrected chi connectivity index (χ3v) is 2.12. The van der Waals surface area contributed by atoms with Crippen LogP contribution < -0.4 is 0 Å². The SMILES string of the molecule is CCCCCCCCOP(O)O.OP(O)O. The molecule has 0 aromatic rings. The second-order valence-corrected chi connectivity index (χ2v) is 4.42. The van der Waals surface area contributed by atoms with Crippen LogP contribution in [0.2, 0.25) is 0 Å². The van der Waals surface area contributed by atoms with Crippen LogP contribution >= 0.6 is 17.2 Å². The van der Waals surface area contributed by atoms with Gasteiger partial charge in [0.15, 0.2) is 0 Å². The Morgan fingerprint density at radius 2 is 1.25 bits per heavy atom. The van der Waals surface area contributed by atoms with Gasteiger partial charge < -0.3 is 29.0 Å². The lowest BCUT2D eigenvalue weighted by molar-refractivity contribution is 0.248. The maximum Gasteiger partial charge on any atom is 0.327 e. The summed E-state index contributed by atoms with van der Waals surface area (Å²) < 4.78 is 4.62. The van der Waals surface area contributed by atoms with E-state index in [9.17, 15) is 0 Å². The minimum absolute atomic E-state index is 0.477. The summed E-state index contributed by atoms with van der Waals surface area (Å²) >= 11 is 0. The van der Waals surface area contributed by atoms with Gasteiger partial charge in [-0.25, -0.2) is 0 Å². The van der Waals surface area contributed by atoms with Crippen molar-refractivity contribution in [2.45, 2.75) is 45.4 Å². The highest BCUT2D eigenvalue weighted by Gasteiger charge is 1.97. The van der Waals surface area contributed by atoms with E-state index in [-0.39, 0.29) is 0 Å². The van der Waals surface area contributed by atoms with Gasteiger partial charge in [-0.1, -0.05) is 39.0 Å². The first kappa shape index (κ1) is 19.0. The average Bonchev–Trinajstić information content (AvgIpc) is 2.15. The fourth-order valence-electron chi connectivity index (χ4n) is 1.03. The minimum Gasteiger partial charge on any atom is -0.328 e. The fraction of sp³-hybridized carbons (Fsp3) is 1.00. The van der Waals surface area contributed by atoms with Gasteiger partial charge in [0.25, 0.3) is 0 Å². The molecule has 8 heteroatoms. The molecule has 0 atom stereocenters. The largest absolute Gasteiger partial charge is 0.328 e. The first-order valence-corrected chi connectivity index (χ1v) is 7.54. The van der Waals surface area contributed by atoms with Crippen LogP contribution in [-0.4, -0.2) is 31.1 Å². The van der Waals surface area contributed by atoms with Crippen LogP contribution in [0.4, 0.5) is 0 Å². The zero-order chi connectivity index (χ0) is 12.8. The summed E-state index contributed by atoms with van der Waals surface area (Å²) in [6.07, 6.45) is 7.13. The van der Waals surface area contributed by atoms with E-state index in [2.05, 4.69) is 11.4 Å². The molecule has 0 aromatic heterocycles. The van der Waals surface area contributed by atoms with E-state index in [1.807, 2.05) is 0 Å². The maximum atomic E-state index is 8.39. The van der Waals surface area contributed by atoms with Crippen molar-refractivity contribution in [1.82, 2.24) is 0 Å². The van der Waals surface area contributed by atoms with Crippen LogP contribution in [0.1, 0.15) is 45.4 Å². The van der Waals surface area contributed by atoms with E-state index in [1.54, 1.807) is 0 Å². The van der Waals surface area contributed by atoms with Gasteiger partial charge in [-0.05, 0) is 6.42 Å². The molecule has 0 aromatic carbocycles. The number of hydrogen-bond donors (Lipinski definition) is 5. The number of unbranched alkanes of at least 4 members (excludes halogenated alkanes) is 5. The summed E-state index contributed by atoms with van der Waals surface area (Å²) in [4.78, 5) is 38.5. The zero-order valence-corrected chi connectivity index (χ0v) is 11.3. The molecule has 16 heavy (non-hydrogen) atoms. The van der Waals surface area contributed by atoms with Crippen molar-refractivity contribution in [3.8, 4) is 0 Å². The first-order valence-electron chi connectivity index (χ1n) is 5.18. The smallest absolute Gasteiger partial charge is 0.327 e. The molecule has 6 nitrogen and oxygen atoms in total. The lowest BCUT2D eigenvalue weighted by Crippen LogP contribution is -1.89. The Morgan fingerprint density at radius 3 is 1.69 bits per heavy atom. The first-order chi connectivity index (χ1) is 7.50. The Bertz CT molecular complexity index is 122. The summed E-state index contributed by atoms with van der Waals surface area (Å²) in [7, 11) is -4.75. The second kappa shape index (κ2) is 15.6. The molecule has 0 saturated heterocycles. The average molecular weight is 276 g/mol. The Kier molecular flexibility index (Phi) is 18.5. The monoisotopic (exact) mass is 276 g/mol.